The van der Waals surface area contributed by atoms with Crippen LogP contribution in [-0.2, 0) is 16.1 Å². The third-order valence-corrected chi connectivity index (χ3v) is 5.82. The highest BCUT2D eigenvalue weighted by Crippen LogP contribution is 2.23. The van der Waals surface area contributed by atoms with E-state index in [2.05, 4.69) is 10.2 Å². The molecular formula is C25H23N3O5S. The molecule has 0 bridgehead atoms. The van der Waals surface area contributed by atoms with Crippen LogP contribution in [0.2, 0.25) is 0 Å². The molecule has 0 aliphatic carbocycles. The van der Waals surface area contributed by atoms with Gasteiger partial charge in [0.15, 0.2) is 12.4 Å². The van der Waals surface area contributed by atoms with Gasteiger partial charge in [-0.15, -0.1) is 21.5 Å². The minimum Gasteiger partial charge on any atom is -0.484 e. The van der Waals surface area contributed by atoms with Crippen molar-refractivity contribution in [3.05, 3.63) is 89.1 Å². The minimum absolute atomic E-state index is 0.0737. The molecule has 0 radical (unpaired) electrons. The molecule has 0 aliphatic heterocycles. The Hall–Kier alpha value is -3.82. The Kier molecular flexibility index (Phi) is 7.79. The van der Waals surface area contributed by atoms with Gasteiger partial charge in [0.25, 0.3) is 11.8 Å². The van der Waals surface area contributed by atoms with Gasteiger partial charge in [0.1, 0.15) is 5.75 Å². The van der Waals surface area contributed by atoms with E-state index in [1.165, 1.54) is 11.3 Å². The Balaban J connectivity index is 1.35. The van der Waals surface area contributed by atoms with E-state index in [0.29, 0.717) is 41.8 Å². The van der Waals surface area contributed by atoms with E-state index in [0.717, 1.165) is 4.88 Å². The molecule has 0 saturated carbocycles. The van der Waals surface area contributed by atoms with Gasteiger partial charge in [0.05, 0.1) is 18.0 Å². The van der Waals surface area contributed by atoms with Crippen molar-refractivity contribution < 1.29 is 23.5 Å². The molecule has 0 saturated heterocycles. The van der Waals surface area contributed by atoms with Crippen molar-refractivity contribution in [2.45, 2.75) is 6.54 Å². The van der Waals surface area contributed by atoms with Crippen molar-refractivity contribution >= 4 is 23.0 Å². The molecule has 2 heterocycles. The summed E-state index contributed by atoms with van der Waals surface area (Å²) >= 11 is 1.50. The fraction of sp³-hybridized carbons (Fsp3) is 0.200. The number of thiophene rings is 1. The maximum absolute atomic E-state index is 12.8. The topological polar surface area (TPSA) is 94.8 Å². The number of nitrogens with zero attached hydrogens (tertiary/aromatic N) is 3. The number of carbonyl (C=O) groups is 2. The summed E-state index contributed by atoms with van der Waals surface area (Å²) < 4.78 is 16.5. The van der Waals surface area contributed by atoms with Crippen LogP contribution >= 0.6 is 11.3 Å². The summed E-state index contributed by atoms with van der Waals surface area (Å²) in [5.74, 6) is 0.914. The van der Waals surface area contributed by atoms with Crippen LogP contribution in [0.4, 0.5) is 0 Å². The SMILES string of the molecule is COCCN(Cc1nnc(-c2cccs2)o1)C(=O)COc1ccc(C(=O)c2ccccc2)cc1. The van der Waals surface area contributed by atoms with Crippen LogP contribution in [0.15, 0.2) is 76.5 Å². The molecule has 0 spiro atoms. The van der Waals surface area contributed by atoms with Crippen LogP contribution in [0.5, 0.6) is 5.75 Å². The van der Waals surface area contributed by atoms with Crippen LogP contribution in [0.1, 0.15) is 21.8 Å². The summed E-state index contributed by atoms with van der Waals surface area (Å²) in [5.41, 5.74) is 1.16. The first-order valence-electron chi connectivity index (χ1n) is 10.6. The summed E-state index contributed by atoms with van der Waals surface area (Å²) in [6.45, 7) is 0.671. The summed E-state index contributed by atoms with van der Waals surface area (Å²) in [6.07, 6.45) is 0. The number of ether oxygens (including phenoxy) is 2. The van der Waals surface area contributed by atoms with E-state index in [1.807, 2.05) is 35.7 Å². The summed E-state index contributed by atoms with van der Waals surface area (Å²) in [6, 6.07) is 19.6. The highest BCUT2D eigenvalue weighted by Gasteiger charge is 2.19. The van der Waals surface area contributed by atoms with E-state index in [-0.39, 0.29) is 24.8 Å². The van der Waals surface area contributed by atoms with Gasteiger partial charge < -0.3 is 18.8 Å². The summed E-state index contributed by atoms with van der Waals surface area (Å²) in [4.78, 5) is 27.8. The van der Waals surface area contributed by atoms with Crippen molar-refractivity contribution in [3.8, 4) is 16.5 Å². The van der Waals surface area contributed by atoms with E-state index in [4.69, 9.17) is 13.9 Å². The molecular weight excluding hydrogens is 454 g/mol. The molecule has 0 unspecified atom stereocenters. The van der Waals surface area contributed by atoms with Gasteiger partial charge in [-0.2, -0.15) is 0 Å². The molecule has 1 amide bonds. The Bertz CT molecular complexity index is 1210. The predicted octanol–water partition coefficient (Wildman–Crippen LogP) is 4.08. The zero-order valence-corrected chi connectivity index (χ0v) is 19.4. The van der Waals surface area contributed by atoms with Gasteiger partial charge in [-0.1, -0.05) is 36.4 Å². The van der Waals surface area contributed by atoms with Gasteiger partial charge in [0.2, 0.25) is 5.89 Å². The zero-order valence-electron chi connectivity index (χ0n) is 18.5. The fourth-order valence-electron chi connectivity index (χ4n) is 3.17. The summed E-state index contributed by atoms with van der Waals surface area (Å²) in [7, 11) is 1.57. The van der Waals surface area contributed by atoms with Gasteiger partial charge in [-0.25, -0.2) is 0 Å². The van der Waals surface area contributed by atoms with Crippen LogP contribution < -0.4 is 4.74 Å². The number of methoxy groups -OCH3 is 1. The van der Waals surface area contributed by atoms with Crippen LogP contribution in [-0.4, -0.2) is 53.7 Å². The maximum atomic E-state index is 12.8. The monoisotopic (exact) mass is 477 g/mol. The number of amides is 1. The van der Waals surface area contributed by atoms with Crippen molar-refractivity contribution in [2.24, 2.45) is 0 Å². The number of hydrogen-bond donors (Lipinski definition) is 0. The van der Waals surface area contributed by atoms with Gasteiger partial charge in [0, 0.05) is 24.8 Å². The first-order chi connectivity index (χ1) is 16.6. The number of ketones is 1. The summed E-state index contributed by atoms with van der Waals surface area (Å²) in [5, 5.41) is 10.0. The highest BCUT2D eigenvalue weighted by molar-refractivity contribution is 7.13. The molecule has 0 fully saturated rings. The van der Waals surface area contributed by atoms with Gasteiger partial charge >= 0.3 is 0 Å². The molecule has 34 heavy (non-hydrogen) atoms. The van der Waals surface area contributed by atoms with E-state index in [1.54, 1.807) is 48.4 Å². The van der Waals surface area contributed by atoms with Crippen molar-refractivity contribution in [1.29, 1.82) is 0 Å². The molecule has 9 heteroatoms. The Morgan fingerprint density at radius 1 is 0.971 bits per heavy atom. The average Bonchev–Trinajstić information content (AvgIpc) is 3.58. The Morgan fingerprint density at radius 3 is 2.44 bits per heavy atom. The first-order valence-corrected chi connectivity index (χ1v) is 11.5. The van der Waals surface area contributed by atoms with E-state index >= 15 is 0 Å². The number of carbonyl (C=O) groups excluding carboxylic acids is 2. The second kappa shape index (κ2) is 11.4. The quantitative estimate of drug-likeness (QED) is 0.300. The van der Waals surface area contributed by atoms with Crippen molar-refractivity contribution in [1.82, 2.24) is 15.1 Å². The minimum atomic E-state index is -0.252. The lowest BCUT2D eigenvalue weighted by Crippen LogP contribution is -2.37. The largest absolute Gasteiger partial charge is 0.484 e. The lowest BCUT2D eigenvalue weighted by molar-refractivity contribution is -0.135. The number of rotatable bonds is 11. The van der Waals surface area contributed by atoms with E-state index < -0.39 is 0 Å². The first kappa shape index (κ1) is 23.3. The van der Waals surface area contributed by atoms with E-state index in [9.17, 15) is 9.59 Å². The molecule has 4 rings (SSSR count). The lowest BCUT2D eigenvalue weighted by atomic mass is 10.0. The van der Waals surface area contributed by atoms with Crippen LogP contribution in [0.25, 0.3) is 10.8 Å². The number of aromatic nitrogens is 2. The third kappa shape index (κ3) is 5.94. The Labute approximate surface area is 200 Å². The zero-order chi connectivity index (χ0) is 23.8. The van der Waals surface area contributed by atoms with Gasteiger partial charge in [-0.3, -0.25) is 9.59 Å². The molecule has 0 atom stereocenters. The van der Waals surface area contributed by atoms with Gasteiger partial charge in [-0.05, 0) is 35.7 Å². The average molecular weight is 478 g/mol. The Morgan fingerprint density at radius 2 is 1.74 bits per heavy atom. The molecule has 0 N–H and O–H groups in total. The van der Waals surface area contributed by atoms with Crippen LogP contribution in [0.3, 0.4) is 0 Å². The second-order valence-corrected chi connectivity index (χ2v) is 8.24. The smallest absolute Gasteiger partial charge is 0.261 e. The maximum Gasteiger partial charge on any atom is 0.261 e. The predicted molar refractivity (Wildman–Crippen MR) is 127 cm³/mol. The fourth-order valence-corrected chi connectivity index (χ4v) is 3.81. The lowest BCUT2D eigenvalue weighted by Gasteiger charge is -2.20. The number of hydrogen-bond acceptors (Lipinski definition) is 8. The molecule has 0 aliphatic rings. The highest BCUT2D eigenvalue weighted by atomic mass is 32.1. The number of benzene rings is 2. The molecule has 2 aromatic heterocycles. The molecule has 2 aromatic carbocycles. The second-order valence-electron chi connectivity index (χ2n) is 7.29. The van der Waals surface area contributed by atoms with Crippen LogP contribution in [0, 0.1) is 0 Å². The molecule has 174 valence electrons. The molecule has 8 nitrogen and oxygen atoms in total. The normalized spacial score (nSPS) is 10.7. The third-order valence-electron chi connectivity index (χ3n) is 4.96. The standard InChI is InChI=1S/C25H23N3O5S/c1-31-14-13-28(16-22-26-27-25(33-22)21-8-5-15-34-21)23(29)17-32-20-11-9-19(10-12-20)24(30)18-6-3-2-4-7-18/h2-12,15H,13-14,16-17H2,1H3. The van der Waals surface area contributed by atoms with Crippen molar-refractivity contribution in [3.63, 3.8) is 0 Å². The molecule has 4 aromatic rings. The van der Waals surface area contributed by atoms with Crippen molar-refractivity contribution in [2.75, 3.05) is 26.9 Å².